The van der Waals surface area contributed by atoms with Crippen LogP contribution < -0.4 is 5.32 Å². The van der Waals surface area contributed by atoms with Crippen LogP contribution in [0.3, 0.4) is 0 Å². The number of aromatic nitrogens is 3. The van der Waals surface area contributed by atoms with Crippen LogP contribution in [0.1, 0.15) is 36.5 Å². The molecule has 0 bridgehead atoms. The molecule has 0 radical (unpaired) electrons. The third kappa shape index (κ3) is 4.66. The van der Waals surface area contributed by atoms with Crippen LogP contribution in [-0.4, -0.2) is 44.7 Å². The molecule has 1 fully saturated rings. The number of carbonyl (C=O) groups excluding carboxylic acids is 1. The number of carbonyl (C=O) groups is 1. The maximum Gasteiger partial charge on any atom is 0.237 e. The van der Waals surface area contributed by atoms with Crippen LogP contribution in [-0.2, 0) is 17.9 Å². The lowest BCUT2D eigenvalue weighted by Crippen LogP contribution is -2.43. The van der Waals surface area contributed by atoms with Crippen LogP contribution in [0.15, 0.2) is 30.3 Å². The van der Waals surface area contributed by atoms with Crippen molar-refractivity contribution < 1.29 is 4.79 Å². The van der Waals surface area contributed by atoms with Gasteiger partial charge in [0.25, 0.3) is 0 Å². The van der Waals surface area contributed by atoms with Gasteiger partial charge in [-0.1, -0.05) is 30.3 Å². The van der Waals surface area contributed by atoms with Gasteiger partial charge in [-0.2, -0.15) is 5.10 Å². The third-order valence-corrected chi connectivity index (χ3v) is 4.70. The average Bonchev–Trinajstić information content (AvgIpc) is 3.18. The molecule has 2 heterocycles. The van der Waals surface area contributed by atoms with Crippen molar-refractivity contribution in [3.63, 3.8) is 0 Å². The van der Waals surface area contributed by atoms with Crippen molar-refractivity contribution in [3.8, 4) is 0 Å². The van der Waals surface area contributed by atoms with Gasteiger partial charge in [0.15, 0.2) is 0 Å². The summed E-state index contributed by atoms with van der Waals surface area (Å²) in [5, 5.41) is 7.44. The van der Waals surface area contributed by atoms with Gasteiger partial charge in [-0.15, -0.1) is 0 Å². The van der Waals surface area contributed by atoms with Crippen LogP contribution in [0.2, 0.25) is 0 Å². The second kappa shape index (κ2) is 8.25. The smallest absolute Gasteiger partial charge is 0.237 e. The second-order valence-corrected chi connectivity index (χ2v) is 6.69. The van der Waals surface area contributed by atoms with Crippen LogP contribution in [0.4, 0.5) is 0 Å². The molecule has 1 aliphatic heterocycles. The molecule has 1 atom stereocenters. The summed E-state index contributed by atoms with van der Waals surface area (Å²) in [6.45, 7) is 7.14. The molecule has 134 valence electrons. The Morgan fingerprint density at radius 1 is 1.28 bits per heavy atom. The summed E-state index contributed by atoms with van der Waals surface area (Å²) >= 11 is 0. The molecule has 3 rings (SSSR count). The molecule has 0 spiro atoms. The number of benzene rings is 1. The topological polar surface area (TPSA) is 63.1 Å². The molecule has 1 saturated heterocycles. The van der Waals surface area contributed by atoms with Crippen molar-refractivity contribution in [2.75, 3.05) is 13.1 Å². The van der Waals surface area contributed by atoms with Gasteiger partial charge in [0.1, 0.15) is 11.6 Å². The predicted molar refractivity (Wildman–Crippen MR) is 97.0 cm³/mol. The monoisotopic (exact) mass is 341 g/mol. The number of hydrogen-bond acceptors (Lipinski definition) is 4. The summed E-state index contributed by atoms with van der Waals surface area (Å²) in [7, 11) is 0. The average molecular weight is 341 g/mol. The van der Waals surface area contributed by atoms with Gasteiger partial charge in [-0.3, -0.25) is 14.4 Å². The maximum atomic E-state index is 12.5. The van der Waals surface area contributed by atoms with Crippen LogP contribution >= 0.6 is 0 Å². The standard InChI is InChI=1S/C19H27N5O/c1-15-21-16(2)24(22-15)13-7-11-20-19(25)18-10-6-12-23(18)14-17-8-4-3-5-9-17/h3-5,8-9,18H,6-7,10-14H2,1-2H3,(H,20,25)/t18-/m0/s1. The SMILES string of the molecule is Cc1nc(C)n(CCCNC(=O)[C@@H]2CCCN2Cc2ccccc2)n1. The minimum Gasteiger partial charge on any atom is -0.355 e. The van der Waals surface area contributed by atoms with Crippen LogP contribution in [0, 0.1) is 13.8 Å². The number of nitrogens with one attached hydrogen (secondary N) is 1. The Labute approximate surface area is 149 Å². The van der Waals surface area contributed by atoms with Crippen LogP contribution in [0.25, 0.3) is 0 Å². The second-order valence-electron chi connectivity index (χ2n) is 6.69. The van der Waals surface area contributed by atoms with Crippen molar-refractivity contribution in [2.45, 2.75) is 52.2 Å². The van der Waals surface area contributed by atoms with Gasteiger partial charge >= 0.3 is 0 Å². The molecule has 1 aromatic heterocycles. The Morgan fingerprint density at radius 2 is 2.08 bits per heavy atom. The highest BCUT2D eigenvalue weighted by Gasteiger charge is 2.30. The summed E-state index contributed by atoms with van der Waals surface area (Å²) < 4.78 is 1.90. The number of rotatable bonds is 7. The number of nitrogens with zero attached hydrogens (tertiary/aromatic N) is 4. The predicted octanol–water partition coefficient (Wildman–Crippen LogP) is 2.07. The fourth-order valence-corrected chi connectivity index (χ4v) is 3.46. The number of aryl methyl sites for hydroxylation is 3. The first-order valence-electron chi connectivity index (χ1n) is 9.07. The first kappa shape index (κ1) is 17.6. The van der Waals surface area contributed by atoms with E-state index in [9.17, 15) is 4.79 Å². The molecule has 0 aliphatic carbocycles. The summed E-state index contributed by atoms with van der Waals surface area (Å²) in [6, 6.07) is 10.4. The van der Waals surface area contributed by atoms with Crippen molar-refractivity contribution in [3.05, 3.63) is 47.5 Å². The van der Waals surface area contributed by atoms with E-state index in [2.05, 4.69) is 32.4 Å². The molecular formula is C19H27N5O. The third-order valence-electron chi connectivity index (χ3n) is 4.70. The number of likely N-dealkylation sites (tertiary alicyclic amines) is 1. The molecule has 0 unspecified atom stereocenters. The van der Waals surface area contributed by atoms with Gasteiger partial charge in [0, 0.05) is 19.6 Å². The highest BCUT2D eigenvalue weighted by Crippen LogP contribution is 2.20. The van der Waals surface area contributed by atoms with Gasteiger partial charge < -0.3 is 5.32 Å². The molecular weight excluding hydrogens is 314 g/mol. The zero-order valence-corrected chi connectivity index (χ0v) is 15.1. The largest absolute Gasteiger partial charge is 0.355 e. The van der Waals surface area contributed by atoms with Gasteiger partial charge in [0.2, 0.25) is 5.91 Å². The molecule has 2 aromatic rings. The van der Waals surface area contributed by atoms with E-state index in [0.717, 1.165) is 50.5 Å². The van der Waals surface area contributed by atoms with Crippen molar-refractivity contribution in [1.82, 2.24) is 25.0 Å². The first-order valence-corrected chi connectivity index (χ1v) is 9.07. The zero-order valence-electron chi connectivity index (χ0n) is 15.1. The summed E-state index contributed by atoms with van der Waals surface area (Å²) in [5.74, 6) is 1.87. The van der Waals surface area contributed by atoms with Gasteiger partial charge in [-0.05, 0) is 45.2 Å². The quantitative estimate of drug-likeness (QED) is 0.783. The van der Waals surface area contributed by atoms with Crippen molar-refractivity contribution in [1.29, 1.82) is 0 Å². The lowest BCUT2D eigenvalue weighted by Gasteiger charge is -2.23. The zero-order chi connectivity index (χ0) is 17.6. The Bertz CT molecular complexity index is 697. The van der Waals surface area contributed by atoms with Crippen LogP contribution in [0.5, 0.6) is 0 Å². The van der Waals surface area contributed by atoms with E-state index in [0.29, 0.717) is 6.54 Å². The van der Waals surface area contributed by atoms with E-state index >= 15 is 0 Å². The molecule has 6 heteroatoms. The Balaban J connectivity index is 1.44. The first-order chi connectivity index (χ1) is 12.1. The Morgan fingerprint density at radius 3 is 2.80 bits per heavy atom. The molecule has 25 heavy (non-hydrogen) atoms. The minimum absolute atomic E-state index is 0.00411. The van der Waals surface area contributed by atoms with Crippen molar-refractivity contribution in [2.24, 2.45) is 0 Å². The molecule has 0 saturated carbocycles. The minimum atomic E-state index is -0.00411. The lowest BCUT2D eigenvalue weighted by molar-refractivity contribution is -0.125. The maximum absolute atomic E-state index is 12.5. The van der Waals surface area contributed by atoms with E-state index in [1.54, 1.807) is 0 Å². The van der Waals surface area contributed by atoms with E-state index in [1.165, 1.54) is 5.56 Å². The molecule has 1 N–H and O–H groups in total. The van der Waals surface area contributed by atoms with E-state index < -0.39 is 0 Å². The molecule has 1 amide bonds. The molecule has 1 aliphatic rings. The normalized spacial score (nSPS) is 17.8. The van der Waals surface area contributed by atoms with E-state index in [4.69, 9.17) is 0 Å². The molecule has 6 nitrogen and oxygen atoms in total. The summed E-state index contributed by atoms with van der Waals surface area (Å²) in [6.07, 6.45) is 2.89. The lowest BCUT2D eigenvalue weighted by atomic mass is 10.1. The van der Waals surface area contributed by atoms with Gasteiger partial charge in [0.05, 0.1) is 6.04 Å². The Kier molecular flexibility index (Phi) is 5.81. The van der Waals surface area contributed by atoms with Gasteiger partial charge in [-0.25, -0.2) is 4.98 Å². The fourth-order valence-electron chi connectivity index (χ4n) is 3.46. The fraction of sp³-hybridized carbons (Fsp3) is 0.526. The Hall–Kier alpha value is -2.21. The summed E-state index contributed by atoms with van der Waals surface area (Å²) in [4.78, 5) is 19.1. The number of amides is 1. The highest BCUT2D eigenvalue weighted by atomic mass is 16.2. The summed E-state index contributed by atoms with van der Waals surface area (Å²) in [5.41, 5.74) is 1.26. The van der Waals surface area contributed by atoms with E-state index in [1.807, 2.05) is 36.7 Å². The van der Waals surface area contributed by atoms with Crippen molar-refractivity contribution >= 4 is 5.91 Å². The number of hydrogen-bond donors (Lipinski definition) is 1. The molecule has 1 aromatic carbocycles. The van der Waals surface area contributed by atoms with E-state index in [-0.39, 0.29) is 11.9 Å². The highest BCUT2D eigenvalue weighted by molar-refractivity contribution is 5.82.